The third-order valence-corrected chi connectivity index (χ3v) is 4.99. The first-order valence-corrected chi connectivity index (χ1v) is 7.33. The maximum atomic E-state index is 12.0. The lowest BCUT2D eigenvalue weighted by Gasteiger charge is -2.27. The highest BCUT2D eigenvalue weighted by molar-refractivity contribution is 7.91. The lowest BCUT2D eigenvalue weighted by Crippen LogP contribution is -2.22. The molecule has 0 aliphatic carbocycles. The van der Waals surface area contributed by atoms with E-state index in [9.17, 15) is 8.42 Å². The molecule has 0 N–H and O–H groups in total. The van der Waals surface area contributed by atoms with Crippen LogP contribution in [0.15, 0.2) is 23.1 Å². The van der Waals surface area contributed by atoms with Crippen molar-refractivity contribution in [1.82, 2.24) is 0 Å². The average Bonchev–Trinajstić information content (AvgIpc) is 2.15. The molecule has 0 bridgehead atoms. The van der Waals surface area contributed by atoms with Crippen LogP contribution in [0.3, 0.4) is 0 Å². The second kappa shape index (κ2) is 3.59. The van der Waals surface area contributed by atoms with Gasteiger partial charge in [0, 0.05) is 0 Å². The first-order chi connectivity index (χ1) is 7.32. The number of rotatable bonds is 0. The molecular weight excluding hydrogens is 220 g/mol. The topological polar surface area (TPSA) is 34.1 Å². The van der Waals surface area contributed by atoms with Crippen LogP contribution in [0.1, 0.15) is 38.3 Å². The van der Waals surface area contributed by atoms with E-state index in [-0.39, 0.29) is 5.41 Å². The molecule has 2 nitrogen and oxygen atoms in total. The molecule has 0 atom stereocenters. The Balaban J connectivity index is 2.70. The standard InChI is InChI=1S/C13H18O2S/c1-13(2,3)11-7-4-8-12-10(11)6-5-9-16(12,14)15/h4,7-8H,5-6,9H2,1-3H3. The zero-order chi connectivity index (χ0) is 12.0. The van der Waals surface area contributed by atoms with Gasteiger partial charge in [-0.15, -0.1) is 0 Å². The summed E-state index contributed by atoms with van der Waals surface area (Å²) in [5, 5.41) is 0. The van der Waals surface area contributed by atoms with Gasteiger partial charge in [0.25, 0.3) is 0 Å². The fourth-order valence-corrected chi connectivity index (χ4v) is 3.98. The molecule has 0 saturated heterocycles. The Kier molecular flexibility index (Phi) is 2.61. The van der Waals surface area contributed by atoms with E-state index < -0.39 is 9.84 Å². The van der Waals surface area contributed by atoms with Gasteiger partial charge in [-0.2, -0.15) is 0 Å². The van der Waals surface area contributed by atoms with Crippen molar-refractivity contribution in [1.29, 1.82) is 0 Å². The van der Waals surface area contributed by atoms with Gasteiger partial charge in [0.1, 0.15) is 0 Å². The summed E-state index contributed by atoms with van der Waals surface area (Å²) in [5.74, 6) is 0.299. The molecule has 2 rings (SSSR count). The summed E-state index contributed by atoms with van der Waals surface area (Å²) < 4.78 is 23.9. The van der Waals surface area contributed by atoms with Gasteiger partial charge in [-0.25, -0.2) is 8.42 Å². The van der Waals surface area contributed by atoms with Crippen molar-refractivity contribution < 1.29 is 8.42 Å². The van der Waals surface area contributed by atoms with Crippen molar-refractivity contribution in [2.45, 2.75) is 43.9 Å². The molecule has 0 saturated carbocycles. The van der Waals surface area contributed by atoms with Crippen LogP contribution < -0.4 is 0 Å². The molecule has 0 aromatic heterocycles. The van der Waals surface area contributed by atoms with E-state index in [2.05, 4.69) is 26.8 Å². The molecule has 0 fully saturated rings. The van der Waals surface area contributed by atoms with Crippen molar-refractivity contribution in [2.24, 2.45) is 0 Å². The van der Waals surface area contributed by atoms with Crippen LogP contribution in [-0.4, -0.2) is 14.2 Å². The van der Waals surface area contributed by atoms with E-state index in [0.29, 0.717) is 10.6 Å². The van der Waals surface area contributed by atoms with E-state index in [4.69, 9.17) is 0 Å². The lowest BCUT2D eigenvalue weighted by molar-refractivity contribution is 0.564. The summed E-state index contributed by atoms with van der Waals surface area (Å²) in [4.78, 5) is 0.561. The second-order valence-electron chi connectivity index (χ2n) is 5.45. The molecule has 88 valence electrons. The van der Waals surface area contributed by atoms with E-state index in [0.717, 1.165) is 18.4 Å². The Labute approximate surface area is 97.6 Å². The molecule has 1 aromatic rings. The van der Waals surface area contributed by atoms with E-state index in [1.165, 1.54) is 5.56 Å². The van der Waals surface area contributed by atoms with Crippen molar-refractivity contribution in [2.75, 3.05) is 5.75 Å². The Morgan fingerprint density at radius 3 is 2.50 bits per heavy atom. The Morgan fingerprint density at radius 1 is 1.19 bits per heavy atom. The fourth-order valence-electron chi connectivity index (χ4n) is 2.37. The van der Waals surface area contributed by atoms with Crippen molar-refractivity contribution in [3.8, 4) is 0 Å². The Morgan fingerprint density at radius 2 is 1.88 bits per heavy atom. The summed E-state index contributed by atoms with van der Waals surface area (Å²) in [6.45, 7) is 6.39. The van der Waals surface area contributed by atoms with Gasteiger partial charge in [0.2, 0.25) is 0 Å². The molecule has 0 radical (unpaired) electrons. The van der Waals surface area contributed by atoms with Gasteiger partial charge in [-0.3, -0.25) is 0 Å². The van der Waals surface area contributed by atoms with Crippen LogP contribution in [0, 0.1) is 0 Å². The predicted molar refractivity (Wildman–Crippen MR) is 65.5 cm³/mol. The summed E-state index contributed by atoms with van der Waals surface area (Å²) in [6.07, 6.45) is 1.64. The zero-order valence-electron chi connectivity index (χ0n) is 10.1. The minimum Gasteiger partial charge on any atom is -0.224 e. The summed E-state index contributed by atoms with van der Waals surface area (Å²) >= 11 is 0. The highest BCUT2D eigenvalue weighted by Gasteiger charge is 2.28. The normalized spacial score (nSPS) is 19.2. The van der Waals surface area contributed by atoms with Crippen molar-refractivity contribution >= 4 is 9.84 Å². The molecule has 0 spiro atoms. The largest absolute Gasteiger partial charge is 0.224 e. The van der Waals surface area contributed by atoms with Gasteiger partial charge in [0.05, 0.1) is 10.6 Å². The quantitative estimate of drug-likeness (QED) is 0.696. The monoisotopic (exact) mass is 238 g/mol. The molecule has 1 aliphatic rings. The number of fused-ring (bicyclic) bond motifs is 1. The number of hydrogen-bond acceptors (Lipinski definition) is 2. The van der Waals surface area contributed by atoms with Crippen molar-refractivity contribution in [3.63, 3.8) is 0 Å². The third kappa shape index (κ3) is 1.88. The molecule has 16 heavy (non-hydrogen) atoms. The summed E-state index contributed by atoms with van der Waals surface area (Å²) in [5.41, 5.74) is 2.23. The SMILES string of the molecule is CC(C)(C)c1cccc2c1CCCS2(=O)=O. The van der Waals surface area contributed by atoms with Gasteiger partial charge >= 0.3 is 0 Å². The third-order valence-electron chi connectivity index (χ3n) is 3.12. The molecule has 1 aliphatic heterocycles. The number of hydrogen-bond donors (Lipinski definition) is 0. The number of sulfone groups is 1. The van der Waals surface area contributed by atoms with Gasteiger partial charge in [-0.05, 0) is 35.4 Å². The van der Waals surface area contributed by atoms with Crippen LogP contribution in [0.5, 0.6) is 0 Å². The van der Waals surface area contributed by atoms with Crippen LogP contribution in [0.25, 0.3) is 0 Å². The van der Waals surface area contributed by atoms with Gasteiger partial charge in [-0.1, -0.05) is 32.9 Å². The smallest absolute Gasteiger partial charge is 0.178 e. The Bertz CT molecular complexity index is 507. The van der Waals surface area contributed by atoms with Crippen LogP contribution >= 0.6 is 0 Å². The number of benzene rings is 1. The molecule has 3 heteroatoms. The van der Waals surface area contributed by atoms with Crippen LogP contribution in [0.4, 0.5) is 0 Å². The fraction of sp³-hybridized carbons (Fsp3) is 0.538. The van der Waals surface area contributed by atoms with E-state index >= 15 is 0 Å². The first-order valence-electron chi connectivity index (χ1n) is 5.67. The minimum absolute atomic E-state index is 0.0121. The maximum absolute atomic E-state index is 12.0. The van der Waals surface area contributed by atoms with Crippen LogP contribution in [0.2, 0.25) is 0 Å². The highest BCUT2D eigenvalue weighted by Crippen LogP contribution is 2.34. The molecule has 1 heterocycles. The predicted octanol–water partition coefficient (Wildman–Crippen LogP) is 2.70. The zero-order valence-corrected chi connectivity index (χ0v) is 10.9. The molecule has 1 aromatic carbocycles. The Hall–Kier alpha value is -0.830. The minimum atomic E-state index is -3.02. The maximum Gasteiger partial charge on any atom is 0.178 e. The van der Waals surface area contributed by atoms with Crippen LogP contribution in [-0.2, 0) is 21.7 Å². The van der Waals surface area contributed by atoms with Crippen molar-refractivity contribution in [3.05, 3.63) is 29.3 Å². The molecular formula is C13H18O2S. The molecule has 0 amide bonds. The van der Waals surface area contributed by atoms with Gasteiger partial charge < -0.3 is 0 Å². The highest BCUT2D eigenvalue weighted by atomic mass is 32.2. The van der Waals surface area contributed by atoms with Gasteiger partial charge in [0.15, 0.2) is 9.84 Å². The van der Waals surface area contributed by atoms with E-state index in [1.54, 1.807) is 6.07 Å². The average molecular weight is 238 g/mol. The summed E-state index contributed by atoms with van der Waals surface area (Å²) in [6, 6.07) is 5.67. The summed E-state index contributed by atoms with van der Waals surface area (Å²) in [7, 11) is -3.02. The second-order valence-corrected chi connectivity index (χ2v) is 7.53. The molecule has 0 unspecified atom stereocenters. The lowest BCUT2D eigenvalue weighted by atomic mass is 9.82. The van der Waals surface area contributed by atoms with E-state index in [1.807, 2.05) is 6.07 Å². The first kappa shape index (κ1) is 11.6.